The Morgan fingerprint density at radius 3 is 1.39 bits per heavy atom. The van der Waals surface area contributed by atoms with E-state index in [-0.39, 0.29) is 35.1 Å². The van der Waals surface area contributed by atoms with Crippen LogP contribution in [0.15, 0.2) is 0 Å². The van der Waals surface area contributed by atoms with Crippen molar-refractivity contribution in [3.05, 3.63) is 0 Å². The molecule has 1 unspecified atom stereocenters. The van der Waals surface area contributed by atoms with Crippen molar-refractivity contribution >= 4 is 23.3 Å². The average molecular weight is 503 g/mol. The van der Waals surface area contributed by atoms with Gasteiger partial charge in [-0.05, 0) is 44.9 Å². The van der Waals surface area contributed by atoms with Crippen LogP contribution in [0.3, 0.4) is 0 Å². The standard InChI is InChI=1S/C31H50O5/c1-3-4-5-6-7-8-9-10-11-12-13-14-15-16-26(27(32)23-17-18-23)31(30(35)36-2,28(33)24-19-20-24)29(34)25-21-22-25/h23-26H,3-22H2,1-2H3. The molecule has 0 heterocycles. The van der Waals surface area contributed by atoms with E-state index in [1.807, 2.05) is 0 Å². The maximum Gasteiger partial charge on any atom is 0.327 e. The van der Waals surface area contributed by atoms with Gasteiger partial charge >= 0.3 is 5.97 Å². The first-order valence-electron chi connectivity index (χ1n) is 15.2. The fourth-order valence-electron chi connectivity index (χ4n) is 5.90. The summed E-state index contributed by atoms with van der Waals surface area (Å²) in [6, 6.07) is 0. The average Bonchev–Trinajstić information content (AvgIpc) is 3.75. The Morgan fingerprint density at radius 1 is 0.639 bits per heavy atom. The highest BCUT2D eigenvalue weighted by molar-refractivity contribution is 6.26. The molecule has 0 amide bonds. The highest BCUT2D eigenvalue weighted by atomic mass is 16.5. The quantitative estimate of drug-likeness (QED) is 0.0890. The number of esters is 1. The SMILES string of the molecule is CCCCCCCCCCCCCCCC(C(=O)C1CC1)C(C(=O)OC)(C(=O)C1CC1)C(=O)C1CC1. The second-order valence-corrected chi connectivity index (χ2v) is 11.8. The first kappa shape index (κ1) is 29.0. The van der Waals surface area contributed by atoms with Crippen molar-refractivity contribution in [1.82, 2.24) is 0 Å². The molecule has 5 heteroatoms. The molecule has 0 N–H and O–H groups in total. The van der Waals surface area contributed by atoms with E-state index in [0.717, 1.165) is 32.1 Å². The minimum atomic E-state index is -1.89. The van der Waals surface area contributed by atoms with Crippen LogP contribution in [0, 0.1) is 29.1 Å². The molecule has 0 saturated heterocycles. The number of hydrogen-bond donors (Lipinski definition) is 0. The number of ether oxygens (including phenoxy) is 1. The molecule has 0 radical (unpaired) electrons. The van der Waals surface area contributed by atoms with E-state index in [1.165, 1.54) is 71.3 Å². The van der Waals surface area contributed by atoms with Gasteiger partial charge in [0.25, 0.3) is 0 Å². The zero-order valence-electron chi connectivity index (χ0n) is 23.0. The minimum Gasteiger partial charge on any atom is -0.468 e. The van der Waals surface area contributed by atoms with Gasteiger partial charge in [0.1, 0.15) is 5.78 Å². The van der Waals surface area contributed by atoms with Gasteiger partial charge in [0.15, 0.2) is 17.0 Å². The molecule has 3 aliphatic rings. The number of hydrogen-bond acceptors (Lipinski definition) is 5. The third-order valence-electron chi connectivity index (χ3n) is 8.62. The lowest BCUT2D eigenvalue weighted by molar-refractivity contribution is -0.171. The molecule has 36 heavy (non-hydrogen) atoms. The van der Waals surface area contributed by atoms with Crippen molar-refractivity contribution in [1.29, 1.82) is 0 Å². The van der Waals surface area contributed by atoms with Gasteiger partial charge in [0.2, 0.25) is 0 Å². The summed E-state index contributed by atoms with van der Waals surface area (Å²) in [7, 11) is 1.25. The van der Waals surface area contributed by atoms with Crippen molar-refractivity contribution in [3.8, 4) is 0 Å². The number of ketones is 3. The molecule has 0 aromatic carbocycles. The Morgan fingerprint density at radius 2 is 1.03 bits per heavy atom. The van der Waals surface area contributed by atoms with Crippen molar-refractivity contribution < 1.29 is 23.9 Å². The molecule has 5 nitrogen and oxygen atoms in total. The minimum absolute atomic E-state index is 0.0395. The molecule has 0 aromatic heterocycles. The Labute approximate surface area is 218 Å². The molecule has 0 bridgehead atoms. The van der Waals surface area contributed by atoms with Gasteiger partial charge < -0.3 is 4.74 Å². The Balaban J connectivity index is 1.52. The summed E-state index contributed by atoms with van der Waals surface area (Å²) in [6.07, 6.45) is 20.8. The van der Waals surface area contributed by atoms with Crippen LogP contribution in [0.2, 0.25) is 0 Å². The molecule has 1 atom stereocenters. The van der Waals surface area contributed by atoms with Crippen LogP contribution < -0.4 is 0 Å². The zero-order chi connectivity index (χ0) is 26.0. The highest BCUT2D eigenvalue weighted by Crippen LogP contribution is 2.51. The lowest BCUT2D eigenvalue weighted by Crippen LogP contribution is -2.56. The molecule has 0 aromatic rings. The van der Waals surface area contributed by atoms with Crippen molar-refractivity contribution in [2.45, 2.75) is 135 Å². The summed E-state index contributed by atoms with van der Waals surface area (Å²) >= 11 is 0. The predicted molar refractivity (Wildman–Crippen MR) is 141 cm³/mol. The molecule has 0 aliphatic heterocycles. The smallest absolute Gasteiger partial charge is 0.327 e. The summed E-state index contributed by atoms with van der Waals surface area (Å²) in [5, 5.41) is 0. The van der Waals surface area contributed by atoms with Crippen molar-refractivity contribution in [2.24, 2.45) is 29.1 Å². The monoisotopic (exact) mass is 502 g/mol. The number of carbonyl (C=O) groups is 4. The first-order valence-corrected chi connectivity index (χ1v) is 15.2. The van der Waals surface area contributed by atoms with Crippen LogP contribution in [0.1, 0.15) is 135 Å². The lowest BCUT2D eigenvalue weighted by atomic mass is 9.62. The van der Waals surface area contributed by atoms with Gasteiger partial charge in [-0.25, -0.2) is 0 Å². The Bertz CT molecular complexity index is 720. The summed E-state index contributed by atoms with van der Waals surface area (Å²) in [5.74, 6) is -2.93. The topological polar surface area (TPSA) is 77.5 Å². The van der Waals surface area contributed by atoms with Gasteiger partial charge in [-0.15, -0.1) is 0 Å². The molecular weight excluding hydrogens is 452 g/mol. The molecule has 3 aliphatic carbocycles. The van der Waals surface area contributed by atoms with Crippen LogP contribution in [0.25, 0.3) is 0 Å². The number of methoxy groups -OCH3 is 1. The lowest BCUT2D eigenvalue weighted by Gasteiger charge is -2.35. The van der Waals surface area contributed by atoms with Gasteiger partial charge in [-0.1, -0.05) is 90.4 Å². The van der Waals surface area contributed by atoms with Crippen LogP contribution in [0.5, 0.6) is 0 Å². The molecule has 3 fully saturated rings. The fraction of sp³-hybridized carbons (Fsp3) is 0.871. The van der Waals surface area contributed by atoms with E-state index < -0.39 is 17.3 Å². The summed E-state index contributed by atoms with van der Waals surface area (Å²) in [6.45, 7) is 2.25. The summed E-state index contributed by atoms with van der Waals surface area (Å²) in [4.78, 5) is 54.1. The molecule has 0 spiro atoms. The maximum absolute atomic E-state index is 13.7. The number of Topliss-reactive ketones (excluding diaryl/α,β-unsaturated/α-hetero) is 3. The highest BCUT2D eigenvalue weighted by Gasteiger charge is 2.66. The summed E-state index contributed by atoms with van der Waals surface area (Å²) < 4.78 is 5.13. The van der Waals surface area contributed by atoms with Gasteiger partial charge in [0.05, 0.1) is 7.11 Å². The Hall–Kier alpha value is -1.52. The van der Waals surface area contributed by atoms with Gasteiger partial charge in [-0.2, -0.15) is 0 Å². The van der Waals surface area contributed by atoms with Crippen LogP contribution in [-0.4, -0.2) is 30.4 Å². The van der Waals surface area contributed by atoms with Gasteiger partial charge in [0, 0.05) is 23.7 Å². The van der Waals surface area contributed by atoms with E-state index in [2.05, 4.69) is 6.92 Å². The van der Waals surface area contributed by atoms with Crippen molar-refractivity contribution in [3.63, 3.8) is 0 Å². The zero-order valence-corrected chi connectivity index (χ0v) is 23.0. The number of rotatable bonds is 22. The van der Waals surface area contributed by atoms with E-state index >= 15 is 0 Å². The summed E-state index contributed by atoms with van der Waals surface area (Å²) in [5.41, 5.74) is -1.89. The fourth-order valence-corrected chi connectivity index (χ4v) is 5.90. The molecule has 204 valence electrons. The van der Waals surface area contributed by atoms with E-state index in [4.69, 9.17) is 4.74 Å². The van der Waals surface area contributed by atoms with E-state index in [0.29, 0.717) is 32.1 Å². The van der Waals surface area contributed by atoms with Crippen LogP contribution in [-0.2, 0) is 23.9 Å². The van der Waals surface area contributed by atoms with Crippen molar-refractivity contribution in [2.75, 3.05) is 7.11 Å². The first-order chi connectivity index (χ1) is 17.5. The van der Waals surface area contributed by atoms with Gasteiger partial charge in [-0.3, -0.25) is 19.2 Å². The maximum atomic E-state index is 13.7. The molecule has 3 rings (SSSR count). The van der Waals surface area contributed by atoms with Crippen LogP contribution in [0.4, 0.5) is 0 Å². The number of unbranched alkanes of at least 4 members (excludes halogenated alkanes) is 12. The normalized spacial score (nSPS) is 18.6. The number of carbonyl (C=O) groups excluding carboxylic acids is 4. The second kappa shape index (κ2) is 14.4. The van der Waals surface area contributed by atoms with E-state index in [9.17, 15) is 19.2 Å². The predicted octanol–water partition coefficient (Wildman–Crippen LogP) is 7.18. The van der Waals surface area contributed by atoms with Crippen LogP contribution >= 0.6 is 0 Å². The third kappa shape index (κ3) is 7.74. The largest absolute Gasteiger partial charge is 0.468 e. The molecular formula is C31H50O5. The Kier molecular flexibility index (Phi) is 11.6. The third-order valence-corrected chi connectivity index (χ3v) is 8.62. The molecule has 3 saturated carbocycles. The second-order valence-electron chi connectivity index (χ2n) is 11.8. The van der Waals surface area contributed by atoms with E-state index in [1.54, 1.807) is 0 Å².